The summed E-state index contributed by atoms with van der Waals surface area (Å²) >= 11 is 0. The summed E-state index contributed by atoms with van der Waals surface area (Å²) in [6, 6.07) is 11.7. The number of methoxy groups -OCH3 is 2. The van der Waals surface area contributed by atoms with Crippen LogP contribution in [-0.2, 0) is 24.2 Å². The highest BCUT2D eigenvalue weighted by molar-refractivity contribution is 5.80. The van der Waals surface area contributed by atoms with Crippen LogP contribution in [0.4, 0.5) is 0 Å². The molecule has 2 aromatic carbocycles. The van der Waals surface area contributed by atoms with E-state index in [1.807, 2.05) is 30.3 Å². The molecule has 1 aliphatic carbocycles. The first-order chi connectivity index (χ1) is 13.1. The summed E-state index contributed by atoms with van der Waals surface area (Å²) in [6.07, 6.45) is 3.95. The van der Waals surface area contributed by atoms with E-state index in [-0.39, 0.29) is 5.91 Å². The van der Waals surface area contributed by atoms with Gasteiger partial charge in [-0.2, -0.15) is 0 Å². The third-order valence-electron chi connectivity index (χ3n) is 4.94. The molecule has 0 heterocycles. The average Bonchev–Trinajstić information content (AvgIpc) is 2.71. The monoisotopic (exact) mass is 369 g/mol. The molecule has 2 aromatic rings. The van der Waals surface area contributed by atoms with Gasteiger partial charge in [0.25, 0.3) is 5.91 Å². The van der Waals surface area contributed by atoms with Crippen LogP contribution in [0.15, 0.2) is 36.4 Å². The summed E-state index contributed by atoms with van der Waals surface area (Å²) < 4.78 is 16.5. The van der Waals surface area contributed by atoms with Crippen molar-refractivity contribution in [3.05, 3.63) is 53.1 Å². The van der Waals surface area contributed by atoms with Crippen molar-refractivity contribution < 1.29 is 19.0 Å². The number of fused-ring (bicyclic) bond motifs is 1. The standard InChI is InChI=1S/C22H27NO4/c1-15(27-19-10-6-8-17-7-4-5-9-18(17)19)22(24)23-14-16-11-12-20(25-2)21(13-16)26-3/h6,8,10-13,15H,4-5,7,9,14H2,1-3H3,(H,23,24)/t15-/m0/s1. The number of rotatable bonds is 7. The molecule has 0 unspecified atom stereocenters. The van der Waals surface area contributed by atoms with Gasteiger partial charge in [0.2, 0.25) is 0 Å². The molecule has 0 fully saturated rings. The van der Waals surface area contributed by atoms with Crippen LogP contribution in [0.2, 0.25) is 0 Å². The van der Waals surface area contributed by atoms with E-state index in [0.29, 0.717) is 18.0 Å². The lowest BCUT2D eigenvalue weighted by atomic mass is 9.91. The Bertz CT molecular complexity index is 803. The number of hydrogen-bond donors (Lipinski definition) is 1. The fourth-order valence-corrected chi connectivity index (χ4v) is 3.42. The largest absolute Gasteiger partial charge is 0.493 e. The first kappa shape index (κ1) is 19.1. The van der Waals surface area contributed by atoms with E-state index in [2.05, 4.69) is 11.4 Å². The molecule has 0 aromatic heterocycles. The van der Waals surface area contributed by atoms with Crippen LogP contribution in [0.1, 0.15) is 36.5 Å². The molecule has 27 heavy (non-hydrogen) atoms. The zero-order chi connectivity index (χ0) is 19.2. The Labute approximate surface area is 160 Å². The normalized spacial score (nSPS) is 14.0. The molecule has 0 spiro atoms. The second kappa shape index (κ2) is 8.80. The smallest absolute Gasteiger partial charge is 0.261 e. The van der Waals surface area contributed by atoms with Crippen LogP contribution >= 0.6 is 0 Å². The molecular weight excluding hydrogens is 342 g/mol. The van der Waals surface area contributed by atoms with Gasteiger partial charge in [-0.25, -0.2) is 0 Å². The van der Waals surface area contributed by atoms with Gasteiger partial charge in [0, 0.05) is 6.54 Å². The predicted molar refractivity (Wildman–Crippen MR) is 105 cm³/mol. The first-order valence-electron chi connectivity index (χ1n) is 9.38. The zero-order valence-corrected chi connectivity index (χ0v) is 16.2. The highest BCUT2D eigenvalue weighted by atomic mass is 16.5. The van der Waals surface area contributed by atoms with E-state index in [1.54, 1.807) is 21.1 Å². The summed E-state index contributed by atoms with van der Waals surface area (Å²) in [6.45, 7) is 2.19. The number of ether oxygens (including phenoxy) is 3. The lowest BCUT2D eigenvalue weighted by molar-refractivity contribution is -0.127. The van der Waals surface area contributed by atoms with Crippen molar-refractivity contribution in [3.8, 4) is 17.2 Å². The molecule has 1 aliphatic rings. The van der Waals surface area contributed by atoms with E-state index >= 15 is 0 Å². The Morgan fingerprint density at radius 3 is 2.59 bits per heavy atom. The van der Waals surface area contributed by atoms with Crippen molar-refractivity contribution in [2.24, 2.45) is 0 Å². The maximum absolute atomic E-state index is 12.5. The maximum atomic E-state index is 12.5. The van der Waals surface area contributed by atoms with E-state index in [4.69, 9.17) is 14.2 Å². The molecule has 0 saturated carbocycles. The topological polar surface area (TPSA) is 56.8 Å². The molecule has 1 amide bonds. The molecule has 3 rings (SSSR count). The Morgan fingerprint density at radius 1 is 1.04 bits per heavy atom. The minimum absolute atomic E-state index is 0.141. The fourth-order valence-electron chi connectivity index (χ4n) is 3.42. The number of aryl methyl sites for hydroxylation is 1. The second-order valence-electron chi connectivity index (χ2n) is 6.77. The minimum atomic E-state index is -0.557. The molecule has 0 radical (unpaired) electrons. The van der Waals surface area contributed by atoms with Crippen LogP contribution in [0.5, 0.6) is 17.2 Å². The highest BCUT2D eigenvalue weighted by Crippen LogP contribution is 2.30. The van der Waals surface area contributed by atoms with Gasteiger partial charge in [-0.15, -0.1) is 0 Å². The van der Waals surface area contributed by atoms with Gasteiger partial charge < -0.3 is 19.5 Å². The van der Waals surface area contributed by atoms with E-state index < -0.39 is 6.10 Å². The van der Waals surface area contributed by atoms with Gasteiger partial charge in [0.15, 0.2) is 17.6 Å². The van der Waals surface area contributed by atoms with Gasteiger partial charge >= 0.3 is 0 Å². The Kier molecular flexibility index (Phi) is 6.22. The van der Waals surface area contributed by atoms with Crippen molar-refractivity contribution in [2.45, 2.75) is 45.3 Å². The summed E-state index contributed by atoms with van der Waals surface area (Å²) in [5, 5.41) is 2.93. The molecule has 0 saturated heterocycles. The quantitative estimate of drug-likeness (QED) is 0.809. The molecule has 1 N–H and O–H groups in total. The number of hydrogen-bond acceptors (Lipinski definition) is 4. The van der Waals surface area contributed by atoms with Crippen molar-refractivity contribution in [3.63, 3.8) is 0 Å². The van der Waals surface area contributed by atoms with Gasteiger partial charge in [0.1, 0.15) is 5.75 Å². The Balaban J connectivity index is 1.60. The van der Waals surface area contributed by atoms with E-state index in [9.17, 15) is 4.79 Å². The highest BCUT2D eigenvalue weighted by Gasteiger charge is 2.19. The minimum Gasteiger partial charge on any atom is -0.493 e. The third-order valence-corrected chi connectivity index (χ3v) is 4.94. The average molecular weight is 369 g/mol. The summed E-state index contributed by atoms with van der Waals surface area (Å²) in [5.74, 6) is 2.00. The Hall–Kier alpha value is -2.69. The lowest BCUT2D eigenvalue weighted by Crippen LogP contribution is -2.36. The van der Waals surface area contributed by atoms with Crippen LogP contribution in [-0.4, -0.2) is 26.2 Å². The van der Waals surface area contributed by atoms with Crippen LogP contribution in [0.3, 0.4) is 0 Å². The van der Waals surface area contributed by atoms with Gasteiger partial charge in [-0.05, 0) is 67.5 Å². The maximum Gasteiger partial charge on any atom is 0.261 e. The number of amides is 1. The van der Waals surface area contributed by atoms with Gasteiger partial charge in [-0.3, -0.25) is 4.79 Å². The molecule has 5 heteroatoms. The van der Waals surface area contributed by atoms with Crippen molar-refractivity contribution in [1.29, 1.82) is 0 Å². The Morgan fingerprint density at radius 2 is 1.81 bits per heavy atom. The number of carbonyl (C=O) groups is 1. The van der Waals surface area contributed by atoms with Crippen LogP contribution in [0, 0.1) is 0 Å². The van der Waals surface area contributed by atoms with Gasteiger partial charge in [-0.1, -0.05) is 18.2 Å². The molecular formula is C22H27NO4. The van der Waals surface area contributed by atoms with Crippen molar-refractivity contribution in [2.75, 3.05) is 14.2 Å². The molecule has 5 nitrogen and oxygen atoms in total. The number of nitrogens with one attached hydrogen (secondary N) is 1. The molecule has 1 atom stereocenters. The summed E-state index contributed by atoms with van der Waals surface area (Å²) in [4.78, 5) is 12.5. The lowest BCUT2D eigenvalue weighted by Gasteiger charge is -2.22. The number of carbonyl (C=O) groups excluding carboxylic acids is 1. The first-order valence-corrected chi connectivity index (χ1v) is 9.38. The third kappa shape index (κ3) is 4.54. The van der Waals surface area contributed by atoms with E-state index in [0.717, 1.165) is 24.2 Å². The molecule has 0 aliphatic heterocycles. The molecule has 0 bridgehead atoms. The summed E-state index contributed by atoms with van der Waals surface area (Å²) in [7, 11) is 3.19. The number of benzene rings is 2. The van der Waals surface area contributed by atoms with Crippen molar-refractivity contribution >= 4 is 5.91 Å². The predicted octanol–water partition coefficient (Wildman–Crippen LogP) is 3.67. The SMILES string of the molecule is COc1ccc(CNC(=O)[C@H](C)Oc2cccc3c2CCCC3)cc1OC. The summed E-state index contributed by atoms with van der Waals surface area (Å²) in [5.41, 5.74) is 3.53. The van der Waals surface area contributed by atoms with Crippen LogP contribution < -0.4 is 19.5 Å². The van der Waals surface area contributed by atoms with E-state index in [1.165, 1.54) is 24.0 Å². The van der Waals surface area contributed by atoms with Gasteiger partial charge in [0.05, 0.1) is 14.2 Å². The van der Waals surface area contributed by atoms with Crippen molar-refractivity contribution in [1.82, 2.24) is 5.32 Å². The second-order valence-corrected chi connectivity index (χ2v) is 6.77. The zero-order valence-electron chi connectivity index (χ0n) is 16.2. The van der Waals surface area contributed by atoms with Crippen LogP contribution in [0.25, 0.3) is 0 Å². The molecule has 144 valence electrons. The fraction of sp³-hybridized carbons (Fsp3) is 0.409.